The first-order valence-electron chi connectivity index (χ1n) is 3.06. The molecule has 0 aromatic rings. The number of carbonyl (C=O) groups excluding carboxylic acids is 2. The molecule has 5 heteroatoms. The van der Waals surface area contributed by atoms with Crippen molar-refractivity contribution >= 4 is 11.8 Å². The van der Waals surface area contributed by atoms with E-state index in [-0.39, 0.29) is 6.61 Å². The molecule has 0 aliphatic rings. The van der Waals surface area contributed by atoms with Crippen molar-refractivity contribution in [3.63, 3.8) is 0 Å². The highest BCUT2D eigenvalue weighted by atomic mass is 19.3. The van der Waals surface area contributed by atoms with Crippen LogP contribution in [0.4, 0.5) is 8.78 Å². The molecule has 0 saturated carbocycles. The van der Waals surface area contributed by atoms with Crippen molar-refractivity contribution in [2.75, 3.05) is 6.61 Å². The van der Waals surface area contributed by atoms with Crippen molar-refractivity contribution in [2.45, 2.75) is 19.8 Å². The summed E-state index contributed by atoms with van der Waals surface area (Å²) in [6.07, 6.45) is -3.84. The summed E-state index contributed by atoms with van der Waals surface area (Å²) in [6, 6.07) is 0. The van der Waals surface area contributed by atoms with E-state index in [9.17, 15) is 18.4 Å². The van der Waals surface area contributed by atoms with E-state index in [1.807, 2.05) is 0 Å². The van der Waals surface area contributed by atoms with Gasteiger partial charge in [-0.15, -0.1) is 0 Å². The summed E-state index contributed by atoms with van der Waals surface area (Å²) in [5.41, 5.74) is 0. The first-order chi connectivity index (χ1) is 5.07. The smallest absolute Gasteiger partial charge is 0.374 e. The van der Waals surface area contributed by atoms with Gasteiger partial charge in [0, 0.05) is 0 Å². The van der Waals surface area contributed by atoms with Crippen molar-refractivity contribution in [3.8, 4) is 0 Å². The molecule has 0 aromatic heterocycles. The van der Waals surface area contributed by atoms with Crippen LogP contribution in [0.3, 0.4) is 0 Å². The molecule has 0 amide bonds. The maximum atomic E-state index is 11.5. The van der Waals surface area contributed by atoms with Crippen LogP contribution in [0.2, 0.25) is 0 Å². The van der Waals surface area contributed by atoms with E-state index < -0.39 is 24.6 Å². The Labute approximate surface area is 62.3 Å². The fourth-order valence-corrected chi connectivity index (χ4v) is 0.435. The number of hydrogen-bond acceptors (Lipinski definition) is 3. The van der Waals surface area contributed by atoms with Gasteiger partial charge in [0.1, 0.15) is 0 Å². The number of hydrogen-bond donors (Lipinski definition) is 0. The van der Waals surface area contributed by atoms with E-state index in [0.29, 0.717) is 0 Å². The zero-order chi connectivity index (χ0) is 8.85. The van der Waals surface area contributed by atoms with Gasteiger partial charge < -0.3 is 4.74 Å². The van der Waals surface area contributed by atoms with Crippen LogP contribution < -0.4 is 0 Å². The molecule has 0 atom stereocenters. The van der Waals surface area contributed by atoms with Crippen LogP contribution >= 0.6 is 0 Å². The second kappa shape index (κ2) is 4.76. The Bertz CT molecular complexity index is 156. The standard InChI is InChI=1S/C6H8F2O3/c1-2-11-6(10)4(9)3-5(7)8/h5H,2-3H2,1H3. The molecule has 0 spiro atoms. The maximum absolute atomic E-state index is 11.5. The van der Waals surface area contributed by atoms with Gasteiger partial charge in [-0.25, -0.2) is 13.6 Å². The Hall–Kier alpha value is -1.00. The van der Waals surface area contributed by atoms with E-state index >= 15 is 0 Å². The lowest BCUT2D eigenvalue weighted by atomic mass is 10.3. The van der Waals surface area contributed by atoms with Gasteiger partial charge in [0.05, 0.1) is 13.0 Å². The fourth-order valence-electron chi connectivity index (χ4n) is 0.435. The second-order valence-corrected chi connectivity index (χ2v) is 1.74. The fraction of sp³-hybridized carbons (Fsp3) is 0.667. The lowest BCUT2D eigenvalue weighted by Crippen LogP contribution is -2.19. The molecule has 0 saturated heterocycles. The predicted octanol–water partition coefficient (Wildman–Crippen LogP) is 0.774. The van der Waals surface area contributed by atoms with E-state index in [4.69, 9.17) is 0 Å². The van der Waals surface area contributed by atoms with Gasteiger partial charge in [-0.1, -0.05) is 0 Å². The molecule has 0 rings (SSSR count). The molecule has 0 aromatic carbocycles. The molecular formula is C6H8F2O3. The van der Waals surface area contributed by atoms with Gasteiger partial charge in [-0.2, -0.15) is 0 Å². The molecule has 11 heavy (non-hydrogen) atoms. The average Bonchev–Trinajstić information content (AvgIpc) is 1.86. The highest BCUT2D eigenvalue weighted by molar-refractivity contribution is 6.33. The molecule has 0 N–H and O–H groups in total. The van der Waals surface area contributed by atoms with Crippen molar-refractivity contribution in [3.05, 3.63) is 0 Å². The molecular weight excluding hydrogens is 158 g/mol. The van der Waals surface area contributed by atoms with Crippen LogP contribution in [0.15, 0.2) is 0 Å². The first-order valence-corrected chi connectivity index (χ1v) is 3.06. The summed E-state index contributed by atoms with van der Waals surface area (Å²) in [5.74, 6) is -2.37. The van der Waals surface area contributed by atoms with Gasteiger partial charge in [-0.05, 0) is 6.92 Å². The Morgan fingerprint density at radius 1 is 1.45 bits per heavy atom. The largest absolute Gasteiger partial charge is 0.460 e. The lowest BCUT2D eigenvalue weighted by molar-refractivity contribution is -0.154. The summed E-state index contributed by atoms with van der Waals surface area (Å²) in [5, 5.41) is 0. The van der Waals surface area contributed by atoms with E-state index in [0.717, 1.165) is 0 Å². The van der Waals surface area contributed by atoms with Crippen LogP contribution in [0.25, 0.3) is 0 Å². The Balaban J connectivity index is 3.74. The first kappa shape index (κ1) is 10.0. The van der Waals surface area contributed by atoms with Crippen LogP contribution in [0.5, 0.6) is 0 Å². The Morgan fingerprint density at radius 3 is 2.36 bits per heavy atom. The van der Waals surface area contributed by atoms with Gasteiger partial charge in [0.2, 0.25) is 12.2 Å². The molecule has 0 radical (unpaired) electrons. The minimum absolute atomic E-state index is 0.0216. The predicted molar refractivity (Wildman–Crippen MR) is 32.3 cm³/mol. The normalized spacial score (nSPS) is 9.82. The van der Waals surface area contributed by atoms with E-state index in [1.54, 1.807) is 0 Å². The maximum Gasteiger partial charge on any atom is 0.374 e. The molecule has 64 valence electrons. The van der Waals surface area contributed by atoms with E-state index in [1.165, 1.54) is 6.92 Å². The summed E-state index contributed by atoms with van der Waals surface area (Å²) in [4.78, 5) is 20.8. The molecule has 0 unspecified atom stereocenters. The number of Topliss-reactive ketones (excluding diaryl/α,β-unsaturated/α-hetero) is 1. The third-order valence-electron chi connectivity index (χ3n) is 0.843. The third-order valence-corrected chi connectivity index (χ3v) is 0.843. The van der Waals surface area contributed by atoms with Gasteiger partial charge >= 0.3 is 5.97 Å². The molecule has 0 fully saturated rings. The number of carbonyl (C=O) groups is 2. The lowest BCUT2D eigenvalue weighted by Gasteiger charge is -1.98. The van der Waals surface area contributed by atoms with Crippen LogP contribution in [-0.2, 0) is 14.3 Å². The summed E-state index contributed by atoms with van der Waals surface area (Å²) >= 11 is 0. The molecule has 0 heterocycles. The monoisotopic (exact) mass is 166 g/mol. The van der Waals surface area contributed by atoms with Gasteiger partial charge in [0.25, 0.3) is 0 Å². The third kappa shape index (κ3) is 4.41. The number of esters is 1. The average molecular weight is 166 g/mol. The Kier molecular flexibility index (Phi) is 4.33. The zero-order valence-corrected chi connectivity index (χ0v) is 5.97. The van der Waals surface area contributed by atoms with Crippen LogP contribution in [0.1, 0.15) is 13.3 Å². The van der Waals surface area contributed by atoms with Crippen LogP contribution in [0, 0.1) is 0 Å². The summed E-state index contributed by atoms with van der Waals surface area (Å²) in [7, 11) is 0. The SMILES string of the molecule is CCOC(=O)C(=O)CC(F)F. The van der Waals surface area contributed by atoms with Gasteiger partial charge in [0.15, 0.2) is 0 Å². The molecule has 0 bridgehead atoms. The molecule has 3 nitrogen and oxygen atoms in total. The van der Waals surface area contributed by atoms with Gasteiger partial charge in [-0.3, -0.25) is 4.79 Å². The number of alkyl halides is 2. The summed E-state index contributed by atoms with van der Waals surface area (Å²) in [6.45, 7) is 1.52. The highest BCUT2D eigenvalue weighted by Crippen LogP contribution is 2.00. The summed E-state index contributed by atoms with van der Waals surface area (Å²) < 4.78 is 27.1. The van der Waals surface area contributed by atoms with Crippen molar-refractivity contribution in [1.29, 1.82) is 0 Å². The number of ketones is 1. The Morgan fingerprint density at radius 2 is 2.00 bits per heavy atom. The number of halogens is 2. The van der Waals surface area contributed by atoms with E-state index in [2.05, 4.69) is 4.74 Å². The number of rotatable bonds is 4. The van der Waals surface area contributed by atoms with Crippen molar-refractivity contribution < 1.29 is 23.1 Å². The topological polar surface area (TPSA) is 43.4 Å². The van der Waals surface area contributed by atoms with Crippen molar-refractivity contribution in [1.82, 2.24) is 0 Å². The van der Waals surface area contributed by atoms with Crippen LogP contribution in [-0.4, -0.2) is 24.8 Å². The highest BCUT2D eigenvalue weighted by Gasteiger charge is 2.19. The zero-order valence-electron chi connectivity index (χ0n) is 5.97. The minimum atomic E-state index is -2.79. The molecule has 0 aliphatic heterocycles. The molecule has 0 aliphatic carbocycles. The number of ether oxygens (including phenoxy) is 1. The quantitative estimate of drug-likeness (QED) is 0.457. The second-order valence-electron chi connectivity index (χ2n) is 1.74. The minimum Gasteiger partial charge on any atom is -0.460 e. The van der Waals surface area contributed by atoms with Crippen molar-refractivity contribution in [2.24, 2.45) is 0 Å².